The fourth-order valence-electron chi connectivity index (χ4n) is 1.18. The first kappa shape index (κ1) is 13.7. The Morgan fingerprint density at radius 2 is 2.07 bits per heavy atom. The van der Waals surface area contributed by atoms with E-state index < -0.39 is 5.97 Å². The zero-order valence-electron chi connectivity index (χ0n) is 9.53. The predicted molar refractivity (Wildman–Crippen MR) is 55.8 cm³/mol. The SMILES string of the molecule is CC(=O)[O-].CCCCCC[n+]1cc[nH]c1. The molecule has 0 amide bonds. The van der Waals surface area contributed by atoms with Gasteiger partial charge in [0.2, 0.25) is 6.33 Å². The van der Waals surface area contributed by atoms with Gasteiger partial charge in [-0.05, 0) is 19.8 Å². The molecule has 0 unspecified atom stereocenters. The molecule has 0 aliphatic carbocycles. The van der Waals surface area contributed by atoms with E-state index in [0.29, 0.717) is 0 Å². The quantitative estimate of drug-likeness (QED) is 0.575. The van der Waals surface area contributed by atoms with Gasteiger partial charge in [0.15, 0.2) is 0 Å². The molecule has 0 aliphatic heterocycles. The van der Waals surface area contributed by atoms with Crippen molar-refractivity contribution in [1.29, 1.82) is 0 Å². The summed E-state index contributed by atoms with van der Waals surface area (Å²) in [6, 6.07) is 0. The summed E-state index contributed by atoms with van der Waals surface area (Å²) in [5.74, 6) is -1.08. The third-order valence-corrected chi connectivity index (χ3v) is 1.87. The zero-order chi connectivity index (χ0) is 11.5. The van der Waals surface area contributed by atoms with Crippen LogP contribution in [0.2, 0.25) is 0 Å². The van der Waals surface area contributed by atoms with Crippen molar-refractivity contribution in [2.24, 2.45) is 0 Å². The first-order valence-electron chi connectivity index (χ1n) is 5.36. The number of carboxylic acids is 1. The second-order valence-electron chi connectivity index (χ2n) is 3.40. The molecule has 1 rings (SSSR count). The van der Waals surface area contributed by atoms with Crippen LogP contribution in [0.15, 0.2) is 18.7 Å². The fraction of sp³-hybridized carbons (Fsp3) is 0.636. The molecule has 1 aromatic heterocycles. The van der Waals surface area contributed by atoms with Crippen LogP contribution in [-0.4, -0.2) is 11.0 Å². The molecule has 0 atom stereocenters. The summed E-state index contributed by atoms with van der Waals surface area (Å²) in [5, 5.41) is 8.89. The van der Waals surface area contributed by atoms with E-state index in [2.05, 4.69) is 22.7 Å². The summed E-state index contributed by atoms with van der Waals surface area (Å²) in [6.45, 7) is 4.37. The van der Waals surface area contributed by atoms with Crippen LogP contribution >= 0.6 is 0 Å². The van der Waals surface area contributed by atoms with E-state index in [9.17, 15) is 0 Å². The Bertz CT molecular complexity index is 241. The number of hydrogen-bond donors (Lipinski definition) is 1. The van der Waals surface area contributed by atoms with Crippen LogP contribution in [0.1, 0.15) is 39.5 Å². The van der Waals surface area contributed by atoms with E-state index in [1.807, 2.05) is 12.5 Å². The van der Waals surface area contributed by atoms with E-state index in [0.717, 1.165) is 13.5 Å². The maximum Gasteiger partial charge on any atom is 0.241 e. The number of rotatable bonds is 5. The van der Waals surface area contributed by atoms with Crippen molar-refractivity contribution in [1.82, 2.24) is 4.98 Å². The third-order valence-electron chi connectivity index (χ3n) is 1.87. The average Bonchev–Trinajstić information content (AvgIpc) is 2.64. The monoisotopic (exact) mass is 212 g/mol. The molecule has 86 valence electrons. The molecule has 0 aliphatic rings. The molecule has 0 aromatic carbocycles. The summed E-state index contributed by atoms with van der Waals surface area (Å²) in [7, 11) is 0. The molecule has 1 heterocycles. The Labute approximate surface area is 91.0 Å². The number of aryl methyl sites for hydroxylation is 1. The number of hydrogen-bond acceptors (Lipinski definition) is 2. The van der Waals surface area contributed by atoms with Gasteiger partial charge in [-0.15, -0.1) is 0 Å². The van der Waals surface area contributed by atoms with Gasteiger partial charge in [0.05, 0.1) is 6.54 Å². The minimum absolute atomic E-state index is 0.972. The van der Waals surface area contributed by atoms with Crippen LogP contribution in [0.4, 0.5) is 0 Å². The van der Waals surface area contributed by atoms with Gasteiger partial charge >= 0.3 is 0 Å². The van der Waals surface area contributed by atoms with E-state index in [1.165, 1.54) is 25.7 Å². The van der Waals surface area contributed by atoms with Crippen molar-refractivity contribution in [2.75, 3.05) is 0 Å². The van der Waals surface area contributed by atoms with Gasteiger partial charge in [0.25, 0.3) is 0 Å². The Morgan fingerprint density at radius 3 is 2.53 bits per heavy atom. The van der Waals surface area contributed by atoms with E-state index in [4.69, 9.17) is 9.90 Å². The lowest BCUT2D eigenvalue weighted by atomic mass is 10.2. The highest BCUT2D eigenvalue weighted by molar-refractivity contribution is 5.60. The fourth-order valence-corrected chi connectivity index (χ4v) is 1.18. The number of nitrogens with one attached hydrogen (secondary N) is 1. The molecule has 0 fully saturated rings. The van der Waals surface area contributed by atoms with Crippen LogP contribution < -0.4 is 9.67 Å². The summed E-state index contributed by atoms with van der Waals surface area (Å²) < 4.78 is 2.19. The van der Waals surface area contributed by atoms with Gasteiger partial charge in [0, 0.05) is 5.97 Å². The maximum absolute atomic E-state index is 8.89. The van der Waals surface area contributed by atoms with Gasteiger partial charge in [-0.25, -0.2) is 4.57 Å². The van der Waals surface area contributed by atoms with Crippen LogP contribution in [0, 0.1) is 0 Å². The normalized spacial score (nSPS) is 9.20. The number of H-pyrrole nitrogens is 1. The van der Waals surface area contributed by atoms with Crippen LogP contribution in [0.5, 0.6) is 0 Å². The highest BCUT2D eigenvalue weighted by Crippen LogP contribution is 1.97. The standard InChI is InChI=1S/C9H16N2.C2H4O2/c1-2-3-4-5-7-11-8-6-10-9-11;1-2(3)4/h6,8-9H,2-5,7H2,1H3;1H3,(H,3,4). The minimum atomic E-state index is -1.08. The number of carboxylic acid groups (broad SMARTS) is 1. The number of carbonyl (C=O) groups excluding carboxylic acids is 1. The van der Waals surface area contributed by atoms with Crippen LogP contribution in [-0.2, 0) is 11.3 Å². The number of aromatic nitrogens is 2. The van der Waals surface area contributed by atoms with Crippen molar-refractivity contribution in [2.45, 2.75) is 46.1 Å². The molecule has 0 saturated heterocycles. The number of unbranched alkanes of at least 4 members (excludes halogenated alkanes) is 3. The van der Waals surface area contributed by atoms with Crippen molar-refractivity contribution in [3.05, 3.63) is 18.7 Å². The molecular formula is C11H20N2O2. The second-order valence-corrected chi connectivity index (χ2v) is 3.40. The number of aliphatic carboxylic acids is 1. The van der Waals surface area contributed by atoms with E-state index in [1.54, 1.807) is 0 Å². The van der Waals surface area contributed by atoms with Crippen LogP contribution in [0.25, 0.3) is 0 Å². The third kappa shape index (κ3) is 10.6. The maximum atomic E-state index is 8.89. The van der Waals surface area contributed by atoms with Crippen molar-refractivity contribution < 1.29 is 14.5 Å². The van der Waals surface area contributed by atoms with E-state index in [-0.39, 0.29) is 0 Å². The minimum Gasteiger partial charge on any atom is -0.550 e. The van der Waals surface area contributed by atoms with Crippen LogP contribution in [0.3, 0.4) is 0 Å². The lowest BCUT2D eigenvalue weighted by Crippen LogP contribution is -2.30. The molecule has 0 radical (unpaired) electrons. The Kier molecular flexibility index (Phi) is 8.43. The van der Waals surface area contributed by atoms with E-state index >= 15 is 0 Å². The summed E-state index contributed by atoms with van der Waals surface area (Å²) in [6.07, 6.45) is 11.4. The molecule has 4 heteroatoms. The second kappa shape index (κ2) is 9.24. The van der Waals surface area contributed by atoms with Crippen molar-refractivity contribution >= 4 is 5.97 Å². The Balaban J connectivity index is 0.000000423. The van der Waals surface area contributed by atoms with Gasteiger partial charge in [-0.2, -0.15) is 0 Å². The average molecular weight is 212 g/mol. The van der Waals surface area contributed by atoms with Gasteiger partial charge in [-0.1, -0.05) is 19.8 Å². The van der Waals surface area contributed by atoms with Gasteiger partial charge < -0.3 is 9.90 Å². The summed E-state index contributed by atoms with van der Waals surface area (Å²) in [4.78, 5) is 11.9. The Hall–Kier alpha value is -1.32. The predicted octanol–water partition coefficient (Wildman–Crippen LogP) is 0.639. The first-order chi connectivity index (χ1) is 7.16. The number of nitrogens with zero attached hydrogens (tertiary/aromatic N) is 1. The molecule has 15 heavy (non-hydrogen) atoms. The molecule has 0 bridgehead atoms. The van der Waals surface area contributed by atoms with Gasteiger partial charge in [-0.3, -0.25) is 4.98 Å². The lowest BCUT2D eigenvalue weighted by molar-refractivity contribution is -0.696. The smallest absolute Gasteiger partial charge is 0.241 e. The Morgan fingerprint density at radius 1 is 1.40 bits per heavy atom. The van der Waals surface area contributed by atoms with Gasteiger partial charge in [0.1, 0.15) is 12.4 Å². The highest BCUT2D eigenvalue weighted by atomic mass is 16.4. The van der Waals surface area contributed by atoms with Crippen molar-refractivity contribution in [3.63, 3.8) is 0 Å². The number of imidazole rings is 1. The summed E-state index contributed by atoms with van der Waals surface area (Å²) >= 11 is 0. The first-order valence-corrected chi connectivity index (χ1v) is 5.36. The topological polar surface area (TPSA) is 59.8 Å². The number of aromatic amines is 1. The zero-order valence-corrected chi connectivity index (χ0v) is 9.53. The molecule has 4 nitrogen and oxygen atoms in total. The molecule has 0 saturated carbocycles. The lowest BCUT2D eigenvalue weighted by Gasteiger charge is -1.95. The summed E-state index contributed by atoms with van der Waals surface area (Å²) in [5.41, 5.74) is 0. The molecule has 1 aromatic rings. The highest BCUT2D eigenvalue weighted by Gasteiger charge is 1.94. The molecule has 1 N–H and O–H groups in total. The molecule has 0 spiro atoms. The molecular weight excluding hydrogens is 192 g/mol. The van der Waals surface area contributed by atoms with Crippen molar-refractivity contribution in [3.8, 4) is 0 Å². The number of carbonyl (C=O) groups is 1. The largest absolute Gasteiger partial charge is 0.550 e.